The van der Waals surface area contributed by atoms with Crippen molar-refractivity contribution in [1.82, 2.24) is 9.55 Å². The van der Waals surface area contributed by atoms with Crippen molar-refractivity contribution >= 4 is 16.7 Å². The molecule has 0 amide bonds. The van der Waals surface area contributed by atoms with Gasteiger partial charge in [-0.05, 0) is 60.6 Å². The number of carbonyl (C=O) groups is 1. The average Bonchev–Trinajstić information content (AvgIpc) is 3.18. The summed E-state index contributed by atoms with van der Waals surface area (Å²) < 4.78 is 16.2. The summed E-state index contributed by atoms with van der Waals surface area (Å²) >= 11 is 0. The SMILES string of the molecule is CCc1cccc(CC)c1-c1cc2c(C(=O)CC(C)C)cn(-c3ccc(C)c(F)c3)c2cn1. The van der Waals surface area contributed by atoms with E-state index < -0.39 is 0 Å². The molecule has 33 heavy (non-hydrogen) atoms. The van der Waals surface area contributed by atoms with E-state index in [1.54, 1.807) is 13.0 Å². The summed E-state index contributed by atoms with van der Waals surface area (Å²) in [4.78, 5) is 18.0. The van der Waals surface area contributed by atoms with Crippen LogP contribution >= 0.6 is 0 Å². The number of fused-ring (bicyclic) bond motifs is 1. The van der Waals surface area contributed by atoms with Crippen LogP contribution in [0.25, 0.3) is 27.8 Å². The molecule has 0 atom stereocenters. The molecule has 0 aliphatic rings. The minimum absolute atomic E-state index is 0.0953. The van der Waals surface area contributed by atoms with Crippen LogP contribution in [-0.2, 0) is 12.8 Å². The van der Waals surface area contributed by atoms with Crippen LogP contribution in [0.5, 0.6) is 0 Å². The molecule has 0 bridgehead atoms. The van der Waals surface area contributed by atoms with Crippen molar-refractivity contribution in [2.75, 3.05) is 0 Å². The van der Waals surface area contributed by atoms with Crippen LogP contribution in [-0.4, -0.2) is 15.3 Å². The zero-order valence-corrected chi connectivity index (χ0v) is 20.1. The lowest BCUT2D eigenvalue weighted by Crippen LogP contribution is -2.03. The summed E-state index contributed by atoms with van der Waals surface area (Å²) in [6, 6.07) is 13.6. The lowest BCUT2D eigenvalue weighted by molar-refractivity contribution is 0.0969. The maximum absolute atomic E-state index is 14.4. The Morgan fingerprint density at radius 2 is 1.76 bits per heavy atom. The van der Waals surface area contributed by atoms with Gasteiger partial charge in [0.25, 0.3) is 0 Å². The Labute approximate surface area is 195 Å². The van der Waals surface area contributed by atoms with Crippen molar-refractivity contribution < 1.29 is 9.18 Å². The molecule has 0 aliphatic heterocycles. The highest BCUT2D eigenvalue weighted by atomic mass is 19.1. The minimum Gasteiger partial charge on any atom is -0.314 e. The molecule has 2 heterocycles. The molecular weight excluding hydrogens is 411 g/mol. The third kappa shape index (κ3) is 4.35. The van der Waals surface area contributed by atoms with E-state index in [9.17, 15) is 9.18 Å². The number of pyridine rings is 1. The van der Waals surface area contributed by atoms with E-state index in [0.29, 0.717) is 23.2 Å². The Bertz CT molecular complexity index is 1310. The van der Waals surface area contributed by atoms with E-state index in [0.717, 1.165) is 35.0 Å². The summed E-state index contributed by atoms with van der Waals surface area (Å²) in [5.41, 5.74) is 7.27. The molecule has 0 aliphatic carbocycles. The van der Waals surface area contributed by atoms with E-state index in [2.05, 4.69) is 32.0 Å². The quantitative estimate of drug-likeness (QED) is 0.278. The van der Waals surface area contributed by atoms with Crippen molar-refractivity contribution in [3.63, 3.8) is 0 Å². The third-order valence-electron chi connectivity index (χ3n) is 6.27. The number of hydrogen-bond acceptors (Lipinski definition) is 2. The van der Waals surface area contributed by atoms with Gasteiger partial charge >= 0.3 is 0 Å². The Kier molecular flexibility index (Phi) is 6.46. The smallest absolute Gasteiger partial charge is 0.165 e. The molecule has 4 aromatic rings. The number of nitrogens with zero attached hydrogens (tertiary/aromatic N) is 2. The van der Waals surface area contributed by atoms with E-state index in [1.807, 2.05) is 42.9 Å². The summed E-state index contributed by atoms with van der Waals surface area (Å²) in [6.45, 7) is 10.1. The van der Waals surface area contributed by atoms with Gasteiger partial charge in [0, 0.05) is 34.8 Å². The second kappa shape index (κ2) is 9.30. The first-order valence-corrected chi connectivity index (χ1v) is 11.8. The second-order valence-corrected chi connectivity index (χ2v) is 9.11. The average molecular weight is 443 g/mol. The number of rotatable bonds is 7. The summed E-state index contributed by atoms with van der Waals surface area (Å²) in [5, 5.41) is 0.861. The maximum atomic E-state index is 14.4. The topological polar surface area (TPSA) is 34.9 Å². The molecule has 4 rings (SSSR count). The van der Waals surface area contributed by atoms with E-state index in [1.165, 1.54) is 17.2 Å². The molecule has 4 heteroatoms. The first kappa shape index (κ1) is 22.9. The van der Waals surface area contributed by atoms with Crippen LogP contribution < -0.4 is 0 Å². The zero-order valence-electron chi connectivity index (χ0n) is 20.1. The van der Waals surface area contributed by atoms with Crippen LogP contribution in [0.4, 0.5) is 4.39 Å². The number of aryl methyl sites for hydroxylation is 3. The zero-order chi connectivity index (χ0) is 23.7. The van der Waals surface area contributed by atoms with Crippen LogP contribution in [0.2, 0.25) is 0 Å². The second-order valence-electron chi connectivity index (χ2n) is 9.11. The molecular formula is C29H31FN2O. The lowest BCUT2D eigenvalue weighted by atomic mass is 9.93. The van der Waals surface area contributed by atoms with Gasteiger partial charge in [0.2, 0.25) is 0 Å². The highest BCUT2D eigenvalue weighted by Gasteiger charge is 2.20. The van der Waals surface area contributed by atoms with Gasteiger partial charge in [-0.1, -0.05) is 52.0 Å². The molecule has 3 nitrogen and oxygen atoms in total. The fourth-order valence-electron chi connectivity index (χ4n) is 4.48. The standard InChI is InChI=1S/C29H31FN2O/c1-6-20-9-8-10-21(7-2)29(20)26-15-23-24(28(33)13-18(3)4)17-32(27(23)16-31-26)22-12-11-19(5)25(30)14-22/h8-12,14-18H,6-7,13H2,1-5H3. The minimum atomic E-state index is -0.265. The van der Waals surface area contributed by atoms with Gasteiger partial charge < -0.3 is 4.57 Å². The largest absolute Gasteiger partial charge is 0.314 e. The molecule has 2 aromatic heterocycles. The highest BCUT2D eigenvalue weighted by molar-refractivity contribution is 6.09. The third-order valence-corrected chi connectivity index (χ3v) is 6.27. The van der Waals surface area contributed by atoms with Crippen molar-refractivity contribution in [2.24, 2.45) is 5.92 Å². The van der Waals surface area contributed by atoms with Gasteiger partial charge in [-0.2, -0.15) is 0 Å². The summed E-state index contributed by atoms with van der Waals surface area (Å²) in [6.07, 6.45) is 5.94. The first-order chi connectivity index (χ1) is 15.8. The van der Waals surface area contributed by atoms with Crippen LogP contribution in [0.15, 0.2) is 54.9 Å². The van der Waals surface area contributed by atoms with Crippen molar-refractivity contribution in [1.29, 1.82) is 0 Å². The Morgan fingerprint density at radius 1 is 1.06 bits per heavy atom. The fourth-order valence-corrected chi connectivity index (χ4v) is 4.48. The molecule has 0 saturated heterocycles. The number of Topliss-reactive ketones (excluding diaryl/α,β-unsaturated/α-hetero) is 1. The van der Waals surface area contributed by atoms with E-state index in [-0.39, 0.29) is 17.5 Å². The number of aromatic nitrogens is 2. The van der Waals surface area contributed by atoms with Gasteiger partial charge in [-0.25, -0.2) is 4.39 Å². The number of hydrogen-bond donors (Lipinski definition) is 0. The molecule has 0 radical (unpaired) electrons. The van der Waals surface area contributed by atoms with Crippen LogP contribution in [0.1, 0.15) is 61.2 Å². The summed E-state index contributed by atoms with van der Waals surface area (Å²) in [5.74, 6) is 0.0814. The Hall–Kier alpha value is -3.27. The maximum Gasteiger partial charge on any atom is 0.165 e. The predicted octanol–water partition coefficient (Wildman–Crippen LogP) is 7.49. The predicted molar refractivity (Wildman–Crippen MR) is 134 cm³/mol. The number of benzene rings is 2. The number of ketones is 1. The molecule has 0 unspecified atom stereocenters. The molecule has 0 spiro atoms. The lowest BCUT2D eigenvalue weighted by Gasteiger charge is -2.13. The molecule has 0 saturated carbocycles. The van der Waals surface area contributed by atoms with Crippen LogP contribution in [0.3, 0.4) is 0 Å². The highest BCUT2D eigenvalue weighted by Crippen LogP contribution is 2.33. The monoisotopic (exact) mass is 442 g/mol. The Morgan fingerprint density at radius 3 is 2.36 bits per heavy atom. The van der Waals surface area contributed by atoms with Crippen molar-refractivity contribution in [2.45, 2.75) is 53.9 Å². The first-order valence-electron chi connectivity index (χ1n) is 11.8. The molecule has 170 valence electrons. The normalized spacial score (nSPS) is 11.5. The van der Waals surface area contributed by atoms with Gasteiger partial charge in [-0.15, -0.1) is 0 Å². The van der Waals surface area contributed by atoms with Crippen LogP contribution in [0, 0.1) is 18.7 Å². The van der Waals surface area contributed by atoms with Gasteiger partial charge in [0.1, 0.15) is 5.82 Å². The molecule has 0 fully saturated rings. The molecule has 0 N–H and O–H groups in total. The van der Waals surface area contributed by atoms with Crippen molar-refractivity contribution in [3.8, 4) is 16.9 Å². The summed E-state index contributed by atoms with van der Waals surface area (Å²) in [7, 11) is 0. The van der Waals surface area contributed by atoms with Gasteiger partial charge in [0.15, 0.2) is 5.78 Å². The fraction of sp³-hybridized carbons (Fsp3) is 0.310. The van der Waals surface area contributed by atoms with Gasteiger partial charge in [-0.3, -0.25) is 9.78 Å². The van der Waals surface area contributed by atoms with E-state index >= 15 is 0 Å². The molecule has 2 aromatic carbocycles. The Balaban J connectivity index is 1.97. The number of halogens is 1. The van der Waals surface area contributed by atoms with Crippen molar-refractivity contribution in [3.05, 3.63) is 82.9 Å². The van der Waals surface area contributed by atoms with E-state index in [4.69, 9.17) is 4.98 Å². The number of carbonyl (C=O) groups excluding carboxylic acids is 1. The van der Waals surface area contributed by atoms with Gasteiger partial charge in [0.05, 0.1) is 17.4 Å².